The van der Waals surface area contributed by atoms with Crippen LogP contribution in [0, 0.1) is 0 Å². The van der Waals surface area contributed by atoms with Gasteiger partial charge in [0.25, 0.3) is 0 Å². The van der Waals surface area contributed by atoms with Crippen LogP contribution in [-0.2, 0) is 24.3 Å². The van der Waals surface area contributed by atoms with E-state index in [0.717, 1.165) is 51.3 Å². The molecule has 0 aliphatic carbocycles. The Morgan fingerprint density at radius 2 is 2.36 bits per heavy atom. The van der Waals surface area contributed by atoms with Crippen LogP contribution in [0.2, 0.25) is 0 Å². The molecule has 7 heteroatoms. The van der Waals surface area contributed by atoms with E-state index in [-0.39, 0.29) is 11.8 Å². The summed E-state index contributed by atoms with van der Waals surface area (Å²) < 4.78 is 1.81. The van der Waals surface area contributed by atoms with Crippen molar-refractivity contribution >= 4 is 5.91 Å². The van der Waals surface area contributed by atoms with Gasteiger partial charge in [0.1, 0.15) is 5.82 Å². The lowest BCUT2D eigenvalue weighted by Gasteiger charge is -2.32. The Balaban J connectivity index is 1.39. The van der Waals surface area contributed by atoms with Crippen molar-refractivity contribution < 1.29 is 4.79 Å². The van der Waals surface area contributed by atoms with Gasteiger partial charge in [0, 0.05) is 81.3 Å². The summed E-state index contributed by atoms with van der Waals surface area (Å²) in [5.74, 6) is 1.36. The van der Waals surface area contributed by atoms with Crippen molar-refractivity contribution in [2.45, 2.75) is 44.7 Å². The molecule has 2 aromatic heterocycles. The van der Waals surface area contributed by atoms with Gasteiger partial charge in [-0.2, -0.15) is 5.10 Å². The number of piperidine rings is 1. The molecule has 0 aromatic carbocycles. The molecule has 2 aliphatic rings. The average molecular weight is 340 g/mol. The fourth-order valence-electron chi connectivity index (χ4n) is 3.66. The number of amides is 1. The minimum Gasteiger partial charge on any atom is -0.342 e. The van der Waals surface area contributed by atoms with Crippen LogP contribution >= 0.6 is 0 Å². The maximum atomic E-state index is 12.5. The lowest BCUT2D eigenvalue weighted by Crippen LogP contribution is -2.40. The van der Waals surface area contributed by atoms with E-state index >= 15 is 0 Å². The summed E-state index contributed by atoms with van der Waals surface area (Å²) in [5.41, 5.74) is 2.38. The number of hydrogen-bond donors (Lipinski definition) is 1. The Morgan fingerprint density at radius 1 is 1.40 bits per heavy atom. The van der Waals surface area contributed by atoms with Crippen molar-refractivity contribution in [3.8, 4) is 0 Å². The van der Waals surface area contributed by atoms with Crippen molar-refractivity contribution in [1.29, 1.82) is 0 Å². The normalized spacial score (nSPS) is 20.3. The van der Waals surface area contributed by atoms with Crippen LogP contribution in [0.15, 0.2) is 24.7 Å². The van der Waals surface area contributed by atoms with Crippen molar-refractivity contribution in [2.24, 2.45) is 0 Å². The predicted octanol–water partition coefficient (Wildman–Crippen LogP) is 1.12. The number of carbonyl (C=O) groups excluding carboxylic acids is 1. The lowest BCUT2D eigenvalue weighted by molar-refractivity contribution is -0.132. The summed E-state index contributed by atoms with van der Waals surface area (Å²) in [5, 5.41) is 7.51. The minimum atomic E-state index is 0.197. The molecule has 1 N–H and O–H groups in total. The molecule has 1 amide bonds. The van der Waals surface area contributed by atoms with Gasteiger partial charge >= 0.3 is 0 Å². The van der Waals surface area contributed by atoms with Crippen LogP contribution in [0.5, 0.6) is 0 Å². The number of nitrogens with zero attached hydrogens (tertiary/aromatic N) is 5. The van der Waals surface area contributed by atoms with Gasteiger partial charge in [-0.3, -0.25) is 9.48 Å². The maximum Gasteiger partial charge on any atom is 0.224 e. The monoisotopic (exact) mass is 340 g/mol. The van der Waals surface area contributed by atoms with Gasteiger partial charge in [-0.05, 0) is 18.9 Å². The second-order valence-electron chi connectivity index (χ2n) is 6.82. The molecular formula is C18H24N6O. The van der Waals surface area contributed by atoms with E-state index in [1.54, 1.807) is 10.9 Å². The first-order chi connectivity index (χ1) is 12.3. The molecule has 0 saturated carbocycles. The van der Waals surface area contributed by atoms with Crippen molar-refractivity contribution in [1.82, 2.24) is 30.0 Å². The largest absolute Gasteiger partial charge is 0.342 e. The summed E-state index contributed by atoms with van der Waals surface area (Å²) in [4.78, 5) is 23.9. The molecular weight excluding hydrogens is 316 g/mol. The van der Waals surface area contributed by atoms with Gasteiger partial charge in [-0.15, -0.1) is 0 Å². The molecule has 4 heterocycles. The van der Waals surface area contributed by atoms with E-state index in [9.17, 15) is 4.79 Å². The van der Waals surface area contributed by atoms with Crippen LogP contribution in [0.3, 0.4) is 0 Å². The summed E-state index contributed by atoms with van der Waals surface area (Å²) in [6.07, 6.45) is 9.12. The van der Waals surface area contributed by atoms with Gasteiger partial charge < -0.3 is 10.2 Å². The first-order valence-corrected chi connectivity index (χ1v) is 9.10. The van der Waals surface area contributed by atoms with Crippen LogP contribution < -0.4 is 5.32 Å². The summed E-state index contributed by atoms with van der Waals surface area (Å²) in [6, 6.07) is 1.88. The Hall–Kier alpha value is -2.28. The molecule has 0 radical (unpaired) electrons. The van der Waals surface area contributed by atoms with Gasteiger partial charge in [-0.1, -0.05) is 0 Å². The molecule has 132 valence electrons. The smallest absolute Gasteiger partial charge is 0.224 e. The number of carbonyl (C=O) groups is 1. The average Bonchev–Trinajstić information content (AvgIpc) is 3.19. The fraction of sp³-hybridized carbons (Fsp3) is 0.556. The minimum absolute atomic E-state index is 0.197. The molecule has 0 unspecified atom stereocenters. The van der Waals surface area contributed by atoms with Crippen molar-refractivity contribution in [3.05, 3.63) is 41.7 Å². The summed E-state index contributed by atoms with van der Waals surface area (Å²) in [6.45, 7) is 4.04. The topological polar surface area (TPSA) is 75.9 Å². The van der Waals surface area contributed by atoms with Crippen LogP contribution in [0.25, 0.3) is 0 Å². The number of aryl methyl sites for hydroxylation is 1. The highest BCUT2D eigenvalue weighted by atomic mass is 16.2. The highest BCUT2D eigenvalue weighted by molar-refractivity contribution is 5.76. The summed E-state index contributed by atoms with van der Waals surface area (Å²) >= 11 is 0. The lowest BCUT2D eigenvalue weighted by atomic mass is 9.96. The van der Waals surface area contributed by atoms with Gasteiger partial charge in [0.15, 0.2) is 0 Å². The van der Waals surface area contributed by atoms with Gasteiger partial charge in [-0.25, -0.2) is 9.97 Å². The van der Waals surface area contributed by atoms with Crippen LogP contribution in [-0.4, -0.2) is 50.2 Å². The first-order valence-electron chi connectivity index (χ1n) is 9.10. The van der Waals surface area contributed by atoms with E-state index in [0.29, 0.717) is 13.0 Å². The zero-order valence-corrected chi connectivity index (χ0v) is 14.4. The van der Waals surface area contributed by atoms with Crippen LogP contribution in [0.1, 0.15) is 42.3 Å². The Labute approximate surface area is 147 Å². The van der Waals surface area contributed by atoms with E-state index in [1.165, 1.54) is 11.3 Å². The quantitative estimate of drug-likeness (QED) is 0.902. The third-order valence-electron chi connectivity index (χ3n) is 5.08. The second-order valence-corrected chi connectivity index (χ2v) is 6.82. The number of fused-ring (bicyclic) bond motifs is 1. The highest BCUT2D eigenvalue weighted by Crippen LogP contribution is 2.26. The maximum absolute atomic E-state index is 12.5. The number of likely N-dealkylation sites (tertiary alicyclic amines) is 1. The molecule has 0 spiro atoms. The second kappa shape index (κ2) is 7.31. The Bertz CT molecular complexity index is 729. The first kappa shape index (κ1) is 16.2. The SMILES string of the molecule is O=C(CCn1cccn1)N1CCC[C@@H](c2ncc3c(n2)CCNC3)C1. The van der Waals surface area contributed by atoms with Crippen molar-refractivity contribution in [2.75, 3.05) is 19.6 Å². The van der Waals surface area contributed by atoms with Crippen molar-refractivity contribution in [3.63, 3.8) is 0 Å². The molecule has 25 heavy (non-hydrogen) atoms. The molecule has 1 atom stereocenters. The van der Waals surface area contributed by atoms with E-state index in [4.69, 9.17) is 4.98 Å². The van der Waals surface area contributed by atoms with Crippen LogP contribution in [0.4, 0.5) is 0 Å². The highest BCUT2D eigenvalue weighted by Gasteiger charge is 2.27. The molecule has 1 saturated heterocycles. The van der Waals surface area contributed by atoms with E-state index in [2.05, 4.69) is 15.4 Å². The summed E-state index contributed by atoms with van der Waals surface area (Å²) in [7, 11) is 0. The standard InChI is InChI=1S/C18H24N6O/c25-17(5-10-24-9-2-6-21-24)23-8-1-3-14(13-23)18-20-12-15-11-19-7-4-16(15)22-18/h2,6,9,12,14,19H,1,3-5,7-8,10-11,13H2/t14-/m1/s1. The number of hydrogen-bond acceptors (Lipinski definition) is 5. The molecule has 1 fully saturated rings. The zero-order valence-electron chi connectivity index (χ0n) is 14.4. The van der Waals surface area contributed by atoms with E-state index in [1.807, 2.05) is 23.4 Å². The zero-order chi connectivity index (χ0) is 17.1. The third-order valence-corrected chi connectivity index (χ3v) is 5.08. The molecule has 2 aliphatic heterocycles. The van der Waals surface area contributed by atoms with Gasteiger partial charge in [0.05, 0.1) is 0 Å². The number of nitrogens with one attached hydrogen (secondary N) is 1. The number of aromatic nitrogens is 4. The molecule has 4 rings (SSSR count). The Morgan fingerprint density at radius 3 is 3.24 bits per heavy atom. The number of rotatable bonds is 4. The fourth-order valence-corrected chi connectivity index (χ4v) is 3.66. The molecule has 0 bridgehead atoms. The van der Waals surface area contributed by atoms with E-state index < -0.39 is 0 Å². The molecule has 7 nitrogen and oxygen atoms in total. The molecule has 2 aromatic rings. The third kappa shape index (κ3) is 3.71. The predicted molar refractivity (Wildman–Crippen MR) is 92.8 cm³/mol. The van der Waals surface area contributed by atoms with Gasteiger partial charge in [0.2, 0.25) is 5.91 Å². The Kier molecular flexibility index (Phi) is 4.74.